The van der Waals surface area contributed by atoms with Crippen molar-refractivity contribution in [2.24, 2.45) is 17.8 Å². The molecule has 1 aromatic rings. The summed E-state index contributed by atoms with van der Waals surface area (Å²) in [5.74, 6) is -0.168. The minimum absolute atomic E-state index is 0.0329. The zero-order chi connectivity index (χ0) is 21.7. The van der Waals surface area contributed by atoms with Crippen LogP contribution in [0.5, 0.6) is 0 Å². The van der Waals surface area contributed by atoms with E-state index >= 15 is 0 Å². The van der Waals surface area contributed by atoms with E-state index in [2.05, 4.69) is 19.2 Å². The van der Waals surface area contributed by atoms with Gasteiger partial charge >= 0.3 is 5.97 Å². The maximum absolute atomic E-state index is 12.5. The first-order valence-corrected chi connectivity index (χ1v) is 11.1. The van der Waals surface area contributed by atoms with Crippen molar-refractivity contribution in [3.63, 3.8) is 0 Å². The van der Waals surface area contributed by atoms with Crippen molar-refractivity contribution in [2.75, 3.05) is 19.7 Å². The Kier molecular flexibility index (Phi) is 7.51. The lowest BCUT2D eigenvalue weighted by molar-refractivity contribution is -0.152. The van der Waals surface area contributed by atoms with Crippen molar-refractivity contribution >= 4 is 17.8 Å². The Labute approximate surface area is 179 Å². The third-order valence-electron chi connectivity index (χ3n) is 6.88. The standard InChI is InChI=1S/C24H34N2O4/c1-16-8-6-10-21(18(16)3)26-14-20(13-23(26)28)24(29)30-15-22(27)25-12-11-19-9-5-4-7-17(19)2/h4-5,7,9,16,18,20-21H,6,8,10-15H2,1-3H3,(H,25,27)/t16-,18-,20+,21-/m0/s1. The number of aryl methyl sites for hydroxylation is 1. The largest absolute Gasteiger partial charge is 0.455 e. The van der Waals surface area contributed by atoms with Crippen molar-refractivity contribution in [1.29, 1.82) is 0 Å². The van der Waals surface area contributed by atoms with Crippen LogP contribution in [-0.2, 0) is 25.5 Å². The van der Waals surface area contributed by atoms with Gasteiger partial charge < -0.3 is 15.0 Å². The third kappa shape index (κ3) is 5.41. The van der Waals surface area contributed by atoms with E-state index in [1.807, 2.05) is 36.1 Å². The quantitative estimate of drug-likeness (QED) is 0.696. The number of nitrogens with zero attached hydrogens (tertiary/aromatic N) is 1. The Hall–Kier alpha value is -2.37. The molecule has 30 heavy (non-hydrogen) atoms. The summed E-state index contributed by atoms with van der Waals surface area (Å²) in [6.07, 6.45) is 4.24. The first-order valence-electron chi connectivity index (χ1n) is 11.1. The lowest BCUT2D eigenvalue weighted by Gasteiger charge is -2.39. The molecule has 1 aliphatic heterocycles. The first kappa shape index (κ1) is 22.3. The molecule has 0 unspecified atom stereocenters. The highest BCUT2D eigenvalue weighted by molar-refractivity contribution is 5.88. The molecule has 4 atom stereocenters. The minimum Gasteiger partial charge on any atom is -0.455 e. The molecule has 6 heteroatoms. The molecular formula is C24H34N2O4. The number of ether oxygens (including phenoxy) is 1. The van der Waals surface area contributed by atoms with Gasteiger partial charge in [0.1, 0.15) is 0 Å². The van der Waals surface area contributed by atoms with Gasteiger partial charge in [-0.15, -0.1) is 0 Å². The molecule has 2 amide bonds. The highest BCUT2D eigenvalue weighted by Crippen LogP contribution is 2.35. The SMILES string of the molecule is Cc1ccccc1CCNC(=O)COC(=O)[C@@H]1CC(=O)N([C@H]2CCC[C@H](C)[C@@H]2C)C1. The summed E-state index contributed by atoms with van der Waals surface area (Å²) >= 11 is 0. The van der Waals surface area contributed by atoms with Crippen molar-refractivity contribution in [3.8, 4) is 0 Å². The Morgan fingerprint density at radius 3 is 2.73 bits per heavy atom. The second-order valence-corrected chi connectivity index (χ2v) is 8.92. The second kappa shape index (κ2) is 10.1. The molecule has 0 spiro atoms. The van der Waals surface area contributed by atoms with Crippen LogP contribution in [0.15, 0.2) is 24.3 Å². The predicted molar refractivity (Wildman–Crippen MR) is 115 cm³/mol. The summed E-state index contributed by atoms with van der Waals surface area (Å²) in [6, 6.07) is 8.26. The van der Waals surface area contributed by atoms with Gasteiger partial charge in [0, 0.05) is 25.6 Å². The van der Waals surface area contributed by atoms with Crippen molar-refractivity contribution in [2.45, 2.75) is 58.9 Å². The number of esters is 1. The van der Waals surface area contributed by atoms with Crippen LogP contribution in [0.4, 0.5) is 0 Å². The van der Waals surface area contributed by atoms with Gasteiger partial charge in [0.2, 0.25) is 5.91 Å². The second-order valence-electron chi connectivity index (χ2n) is 8.92. The van der Waals surface area contributed by atoms with E-state index in [-0.39, 0.29) is 30.9 Å². The van der Waals surface area contributed by atoms with Gasteiger partial charge in [-0.3, -0.25) is 14.4 Å². The average molecular weight is 415 g/mol. The minimum atomic E-state index is -0.471. The van der Waals surface area contributed by atoms with E-state index in [1.54, 1.807) is 0 Å². The van der Waals surface area contributed by atoms with Gasteiger partial charge in [-0.25, -0.2) is 0 Å². The number of carbonyl (C=O) groups is 3. The molecule has 2 fully saturated rings. The van der Waals surface area contributed by atoms with E-state index in [0.29, 0.717) is 24.9 Å². The topological polar surface area (TPSA) is 75.7 Å². The molecule has 1 aliphatic carbocycles. The number of benzene rings is 1. The van der Waals surface area contributed by atoms with Gasteiger partial charge in [0.25, 0.3) is 5.91 Å². The summed E-state index contributed by atoms with van der Waals surface area (Å²) in [4.78, 5) is 38.9. The zero-order valence-corrected chi connectivity index (χ0v) is 18.4. The monoisotopic (exact) mass is 414 g/mol. The number of nitrogens with one attached hydrogen (secondary N) is 1. The maximum atomic E-state index is 12.5. The zero-order valence-electron chi connectivity index (χ0n) is 18.4. The van der Waals surface area contributed by atoms with E-state index in [4.69, 9.17) is 4.74 Å². The van der Waals surface area contributed by atoms with Crippen molar-refractivity contribution in [1.82, 2.24) is 10.2 Å². The molecule has 1 N–H and O–H groups in total. The summed E-state index contributed by atoms with van der Waals surface area (Å²) in [7, 11) is 0. The third-order valence-corrected chi connectivity index (χ3v) is 6.88. The van der Waals surface area contributed by atoms with Crippen LogP contribution in [0, 0.1) is 24.7 Å². The van der Waals surface area contributed by atoms with Crippen LogP contribution in [-0.4, -0.2) is 48.4 Å². The van der Waals surface area contributed by atoms with Crippen molar-refractivity contribution in [3.05, 3.63) is 35.4 Å². The number of rotatable bonds is 7. The molecule has 6 nitrogen and oxygen atoms in total. The molecule has 1 aromatic carbocycles. The molecule has 0 aromatic heterocycles. The molecule has 1 heterocycles. The molecule has 0 bridgehead atoms. The molecule has 1 saturated carbocycles. The van der Waals surface area contributed by atoms with Crippen LogP contribution in [0.3, 0.4) is 0 Å². The molecular weight excluding hydrogens is 380 g/mol. The van der Waals surface area contributed by atoms with E-state index in [1.165, 1.54) is 17.5 Å². The van der Waals surface area contributed by atoms with Gasteiger partial charge in [-0.05, 0) is 42.7 Å². The van der Waals surface area contributed by atoms with Crippen LogP contribution in [0.2, 0.25) is 0 Å². The number of amides is 2. The van der Waals surface area contributed by atoms with Crippen LogP contribution in [0.1, 0.15) is 50.7 Å². The summed E-state index contributed by atoms with van der Waals surface area (Å²) in [5.41, 5.74) is 2.38. The summed E-state index contributed by atoms with van der Waals surface area (Å²) in [5, 5.41) is 2.79. The van der Waals surface area contributed by atoms with E-state index in [9.17, 15) is 14.4 Å². The lowest BCUT2D eigenvalue weighted by Crippen LogP contribution is -2.45. The number of hydrogen-bond acceptors (Lipinski definition) is 4. The Balaban J connectivity index is 1.41. The Morgan fingerprint density at radius 1 is 1.20 bits per heavy atom. The smallest absolute Gasteiger partial charge is 0.311 e. The summed E-state index contributed by atoms with van der Waals surface area (Å²) < 4.78 is 5.22. The van der Waals surface area contributed by atoms with Gasteiger partial charge in [0.05, 0.1) is 5.92 Å². The van der Waals surface area contributed by atoms with Crippen LogP contribution >= 0.6 is 0 Å². The fourth-order valence-electron chi connectivity index (χ4n) is 4.74. The molecule has 2 aliphatic rings. The van der Waals surface area contributed by atoms with Gasteiger partial charge in [0.15, 0.2) is 6.61 Å². The Bertz CT molecular complexity index is 778. The highest BCUT2D eigenvalue weighted by Gasteiger charge is 2.42. The number of hydrogen-bond donors (Lipinski definition) is 1. The number of likely N-dealkylation sites (tertiary alicyclic amines) is 1. The van der Waals surface area contributed by atoms with Crippen LogP contribution in [0.25, 0.3) is 0 Å². The van der Waals surface area contributed by atoms with Gasteiger partial charge in [-0.1, -0.05) is 51.0 Å². The Morgan fingerprint density at radius 2 is 1.97 bits per heavy atom. The van der Waals surface area contributed by atoms with Crippen LogP contribution < -0.4 is 5.32 Å². The molecule has 1 saturated heterocycles. The number of carbonyl (C=O) groups excluding carboxylic acids is 3. The average Bonchev–Trinajstić information content (AvgIpc) is 3.11. The first-order chi connectivity index (χ1) is 14.4. The molecule has 0 radical (unpaired) electrons. The fraction of sp³-hybridized carbons (Fsp3) is 0.625. The lowest BCUT2D eigenvalue weighted by atomic mass is 9.77. The summed E-state index contributed by atoms with van der Waals surface area (Å²) in [6.45, 7) is 7.09. The predicted octanol–water partition coefficient (Wildman–Crippen LogP) is 2.87. The highest BCUT2D eigenvalue weighted by atomic mass is 16.5. The fourth-order valence-corrected chi connectivity index (χ4v) is 4.74. The normalized spacial score (nSPS) is 26.5. The molecule has 3 rings (SSSR count). The maximum Gasteiger partial charge on any atom is 0.311 e. The van der Waals surface area contributed by atoms with Crippen molar-refractivity contribution < 1.29 is 19.1 Å². The van der Waals surface area contributed by atoms with E-state index in [0.717, 1.165) is 19.3 Å². The molecule has 164 valence electrons. The van der Waals surface area contributed by atoms with Gasteiger partial charge in [-0.2, -0.15) is 0 Å². The van der Waals surface area contributed by atoms with E-state index < -0.39 is 11.9 Å².